The second kappa shape index (κ2) is 7.90. The van der Waals surface area contributed by atoms with Gasteiger partial charge in [-0.1, -0.05) is 0 Å². The van der Waals surface area contributed by atoms with Crippen LogP contribution in [-0.2, 0) is 0 Å². The van der Waals surface area contributed by atoms with Gasteiger partial charge in [0.25, 0.3) is 0 Å². The minimum Gasteiger partial charge on any atom is -0.298 e. The van der Waals surface area contributed by atoms with Crippen molar-refractivity contribution in [3.8, 4) is 0 Å². The largest absolute Gasteiger partial charge is 0.298 e. The molecule has 5 nitrogen and oxygen atoms in total. The Morgan fingerprint density at radius 1 is 1.25 bits per heavy atom. The molecule has 20 heavy (non-hydrogen) atoms. The summed E-state index contributed by atoms with van der Waals surface area (Å²) >= 11 is 4.40. The number of allylic oxidation sites excluding steroid dienone is 1. The Bertz CT molecular complexity index is 355. The first-order valence-corrected chi connectivity index (χ1v) is 7.81. The van der Waals surface area contributed by atoms with Gasteiger partial charge in [-0.15, -0.1) is 23.0 Å². The summed E-state index contributed by atoms with van der Waals surface area (Å²) < 4.78 is 0. The van der Waals surface area contributed by atoms with Gasteiger partial charge in [0.05, 0.1) is 10.7 Å². The molecule has 0 aromatic heterocycles. The fraction of sp³-hybridized carbons (Fsp3) is 0.786. The van der Waals surface area contributed by atoms with Crippen LogP contribution in [-0.4, -0.2) is 40.5 Å². The summed E-state index contributed by atoms with van der Waals surface area (Å²) in [5.74, 6) is 0. The molecule has 0 fully saturated rings. The lowest BCUT2D eigenvalue weighted by Gasteiger charge is -2.31. The number of rotatable bonds is 7. The van der Waals surface area contributed by atoms with E-state index >= 15 is 0 Å². The highest BCUT2D eigenvalue weighted by molar-refractivity contribution is 7.84. The standard InChI is InChI=1S/C14H29N5S/c1-10(2)15-19-16-13(9-14(20)17-19)7-8-18(11(3)4)12(5)6/h9-12,15,17,20H,7-8H2,1-6H3. The minimum absolute atomic E-state index is 0.314. The van der Waals surface area contributed by atoms with Crippen molar-refractivity contribution in [3.05, 3.63) is 11.1 Å². The highest BCUT2D eigenvalue weighted by atomic mass is 32.1. The number of hydrogen-bond acceptors (Lipinski definition) is 6. The highest BCUT2D eigenvalue weighted by Gasteiger charge is 2.16. The van der Waals surface area contributed by atoms with Crippen LogP contribution in [0, 0.1) is 0 Å². The van der Waals surface area contributed by atoms with Crippen LogP contribution in [0.5, 0.6) is 0 Å². The molecule has 1 rings (SSSR count). The molecule has 0 amide bonds. The number of hydrazine groups is 2. The van der Waals surface area contributed by atoms with E-state index < -0.39 is 0 Å². The molecule has 1 heterocycles. The van der Waals surface area contributed by atoms with Crippen LogP contribution in [0.4, 0.5) is 0 Å². The molecule has 0 radical (unpaired) electrons. The summed E-state index contributed by atoms with van der Waals surface area (Å²) in [6.45, 7) is 14.1. The molecule has 2 N–H and O–H groups in total. The molecule has 0 bridgehead atoms. The Kier molecular flexibility index (Phi) is 6.85. The smallest absolute Gasteiger partial charge is 0.0891 e. The lowest BCUT2D eigenvalue weighted by Crippen LogP contribution is -2.48. The van der Waals surface area contributed by atoms with Crippen LogP contribution in [0.3, 0.4) is 0 Å². The van der Waals surface area contributed by atoms with Gasteiger partial charge < -0.3 is 0 Å². The molecule has 6 heteroatoms. The quantitative estimate of drug-likeness (QED) is 0.631. The first-order chi connectivity index (χ1) is 9.29. The Labute approximate surface area is 128 Å². The fourth-order valence-corrected chi connectivity index (χ4v) is 2.51. The summed E-state index contributed by atoms with van der Waals surface area (Å²) in [5, 5.41) is 7.00. The normalized spacial score (nSPS) is 16.1. The lowest BCUT2D eigenvalue weighted by molar-refractivity contribution is 0.123. The van der Waals surface area contributed by atoms with E-state index in [-0.39, 0.29) is 0 Å². The van der Waals surface area contributed by atoms with E-state index in [0.717, 1.165) is 23.7 Å². The topological polar surface area (TPSA) is 42.9 Å². The van der Waals surface area contributed by atoms with Crippen LogP contribution in [0.25, 0.3) is 0 Å². The Hall–Kier alpha value is -0.720. The average molecular weight is 299 g/mol. The van der Waals surface area contributed by atoms with Crippen molar-refractivity contribution < 1.29 is 0 Å². The van der Waals surface area contributed by atoms with Crippen LogP contribution < -0.4 is 10.9 Å². The van der Waals surface area contributed by atoms with Gasteiger partial charge >= 0.3 is 0 Å². The second-order valence-electron chi connectivity index (χ2n) is 6.00. The van der Waals surface area contributed by atoms with Gasteiger partial charge in [-0.2, -0.15) is 5.43 Å². The Morgan fingerprint density at radius 2 is 1.85 bits per heavy atom. The minimum atomic E-state index is 0.314. The fourth-order valence-electron chi connectivity index (χ4n) is 2.27. The van der Waals surface area contributed by atoms with Crippen molar-refractivity contribution in [2.45, 2.75) is 66.1 Å². The number of nitrogens with zero attached hydrogens (tertiary/aromatic N) is 3. The van der Waals surface area contributed by atoms with Crippen molar-refractivity contribution >= 4 is 18.3 Å². The maximum Gasteiger partial charge on any atom is 0.0891 e. The number of hydrazone groups is 1. The molecule has 0 saturated carbocycles. The molecular formula is C14H29N5S. The van der Waals surface area contributed by atoms with E-state index in [1.165, 1.54) is 0 Å². The summed E-state index contributed by atoms with van der Waals surface area (Å²) in [4.78, 5) is 2.47. The molecule has 0 aromatic rings. The van der Waals surface area contributed by atoms with Gasteiger partial charge in [0.2, 0.25) is 0 Å². The molecule has 0 aliphatic carbocycles. The van der Waals surface area contributed by atoms with E-state index in [4.69, 9.17) is 0 Å². The summed E-state index contributed by atoms with van der Waals surface area (Å²) in [5.41, 5.74) is 7.30. The van der Waals surface area contributed by atoms with Crippen molar-refractivity contribution in [2.24, 2.45) is 5.10 Å². The van der Waals surface area contributed by atoms with E-state index in [9.17, 15) is 0 Å². The van der Waals surface area contributed by atoms with Gasteiger partial charge in [-0.3, -0.25) is 10.3 Å². The molecule has 0 atom stereocenters. The third kappa shape index (κ3) is 5.73. The van der Waals surface area contributed by atoms with Crippen molar-refractivity contribution in [1.82, 2.24) is 21.0 Å². The van der Waals surface area contributed by atoms with Crippen LogP contribution in [0.1, 0.15) is 48.0 Å². The Balaban J connectivity index is 2.62. The maximum absolute atomic E-state index is 4.54. The van der Waals surface area contributed by atoms with E-state index in [2.05, 4.69) is 75.0 Å². The number of thiol groups is 1. The van der Waals surface area contributed by atoms with Gasteiger partial charge in [0, 0.05) is 31.1 Å². The molecule has 0 spiro atoms. The molecule has 0 saturated heterocycles. The zero-order valence-corrected chi connectivity index (χ0v) is 14.4. The number of hydrogen-bond donors (Lipinski definition) is 3. The van der Waals surface area contributed by atoms with E-state index in [1.54, 1.807) is 5.23 Å². The van der Waals surface area contributed by atoms with Crippen LogP contribution in [0.2, 0.25) is 0 Å². The van der Waals surface area contributed by atoms with E-state index in [1.807, 2.05) is 6.08 Å². The lowest BCUT2D eigenvalue weighted by atomic mass is 10.2. The summed E-state index contributed by atoms with van der Waals surface area (Å²) in [6.07, 6.45) is 2.90. The maximum atomic E-state index is 4.54. The van der Waals surface area contributed by atoms with Crippen molar-refractivity contribution in [3.63, 3.8) is 0 Å². The second-order valence-corrected chi connectivity index (χ2v) is 6.49. The first kappa shape index (κ1) is 17.3. The predicted molar refractivity (Wildman–Crippen MR) is 89.3 cm³/mol. The van der Waals surface area contributed by atoms with Gasteiger partial charge in [0.1, 0.15) is 0 Å². The van der Waals surface area contributed by atoms with E-state index in [0.29, 0.717) is 18.1 Å². The first-order valence-electron chi connectivity index (χ1n) is 7.36. The van der Waals surface area contributed by atoms with Gasteiger partial charge in [-0.05, 0) is 47.6 Å². The summed E-state index contributed by atoms with van der Waals surface area (Å²) in [7, 11) is 0. The summed E-state index contributed by atoms with van der Waals surface area (Å²) in [6, 6.07) is 1.40. The molecule has 0 aromatic carbocycles. The van der Waals surface area contributed by atoms with Crippen molar-refractivity contribution in [2.75, 3.05) is 6.54 Å². The predicted octanol–water partition coefficient (Wildman–Crippen LogP) is 2.36. The monoisotopic (exact) mass is 299 g/mol. The Morgan fingerprint density at radius 3 is 2.35 bits per heavy atom. The zero-order chi connectivity index (χ0) is 15.3. The van der Waals surface area contributed by atoms with Gasteiger partial charge in [-0.25, -0.2) is 0 Å². The molecule has 1 aliphatic rings. The molecular weight excluding hydrogens is 270 g/mol. The molecule has 0 unspecified atom stereocenters. The highest BCUT2D eigenvalue weighted by Crippen LogP contribution is 2.10. The SMILES string of the molecule is CC(C)NN1N=C(CCN(C(C)C)C(C)C)C=C(S)N1. The van der Waals surface area contributed by atoms with Crippen LogP contribution >= 0.6 is 12.6 Å². The average Bonchev–Trinajstić information content (AvgIpc) is 2.26. The molecule has 116 valence electrons. The third-order valence-electron chi connectivity index (χ3n) is 3.09. The van der Waals surface area contributed by atoms with Gasteiger partial charge in [0.15, 0.2) is 0 Å². The zero-order valence-electron chi connectivity index (χ0n) is 13.5. The third-order valence-corrected chi connectivity index (χ3v) is 3.31. The van der Waals surface area contributed by atoms with Crippen molar-refractivity contribution in [1.29, 1.82) is 0 Å². The van der Waals surface area contributed by atoms with Crippen LogP contribution in [0.15, 0.2) is 16.2 Å². The number of nitrogens with one attached hydrogen (secondary N) is 2. The molecule has 1 aliphatic heterocycles.